The maximum Gasteiger partial charge on any atom is 0.264 e. The number of aromatic amines is 1. The van der Waals surface area contributed by atoms with Gasteiger partial charge in [0.05, 0.1) is 16.8 Å². The maximum absolute atomic E-state index is 13.0. The average Bonchev–Trinajstić information content (AvgIpc) is 3.34. The lowest BCUT2D eigenvalue weighted by Crippen LogP contribution is -2.48. The fraction of sp³-hybridized carbons (Fsp3) is 0.542. The zero-order chi connectivity index (χ0) is 22.2. The summed E-state index contributed by atoms with van der Waals surface area (Å²) in [5.41, 5.74) is 2.55. The summed E-state index contributed by atoms with van der Waals surface area (Å²) in [6.07, 6.45) is 6.57. The number of aromatic nitrogens is 2. The summed E-state index contributed by atoms with van der Waals surface area (Å²) in [5.74, 6) is 0.885. The topological polar surface area (TPSA) is 69.3 Å². The van der Waals surface area contributed by atoms with Crippen molar-refractivity contribution in [3.63, 3.8) is 0 Å². The highest BCUT2D eigenvalue weighted by atomic mass is 32.1. The molecule has 1 saturated heterocycles. The van der Waals surface area contributed by atoms with Crippen LogP contribution in [0.15, 0.2) is 10.9 Å². The van der Waals surface area contributed by atoms with Gasteiger partial charge in [0, 0.05) is 35.9 Å². The molecule has 6 nitrogen and oxygen atoms in total. The minimum absolute atomic E-state index is 0.00848. The monoisotopic (exact) mass is 470 g/mol. The molecule has 4 heterocycles. The molecule has 5 rings (SSSR count). The van der Waals surface area contributed by atoms with E-state index in [9.17, 15) is 9.59 Å². The summed E-state index contributed by atoms with van der Waals surface area (Å²) >= 11 is 3.32. The SMILES string of the molecule is CCCc1cc(C(=O)N2CCN(Cc3nc4sc5c(c4c(=O)[nH]3)CCCC5)CC2)sc1C. The van der Waals surface area contributed by atoms with Gasteiger partial charge in [0.1, 0.15) is 10.7 Å². The first kappa shape index (κ1) is 21.8. The van der Waals surface area contributed by atoms with Crippen LogP contribution in [0.3, 0.4) is 0 Å². The Hall–Kier alpha value is -2.03. The summed E-state index contributed by atoms with van der Waals surface area (Å²) in [7, 11) is 0. The smallest absolute Gasteiger partial charge is 0.264 e. The van der Waals surface area contributed by atoms with E-state index in [0.717, 1.165) is 66.1 Å². The van der Waals surface area contributed by atoms with Gasteiger partial charge in [-0.3, -0.25) is 14.5 Å². The first-order valence-corrected chi connectivity index (χ1v) is 13.3. The van der Waals surface area contributed by atoms with E-state index in [-0.39, 0.29) is 11.5 Å². The third kappa shape index (κ3) is 4.16. The second-order valence-electron chi connectivity index (χ2n) is 8.91. The Balaban J connectivity index is 1.24. The summed E-state index contributed by atoms with van der Waals surface area (Å²) in [6.45, 7) is 7.90. The molecule has 32 heavy (non-hydrogen) atoms. The van der Waals surface area contributed by atoms with E-state index < -0.39 is 0 Å². The van der Waals surface area contributed by atoms with Crippen molar-refractivity contribution in [3.05, 3.63) is 48.0 Å². The van der Waals surface area contributed by atoms with Crippen LogP contribution in [0.25, 0.3) is 10.2 Å². The van der Waals surface area contributed by atoms with Crippen LogP contribution in [0.1, 0.15) is 62.6 Å². The van der Waals surface area contributed by atoms with Gasteiger partial charge in [0.25, 0.3) is 11.5 Å². The molecule has 3 aromatic rings. The number of rotatable bonds is 5. The Morgan fingerprint density at radius 2 is 1.94 bits per heavy atom. The van der Waals surface area contributed by atoms with E-state index in [0.29, 0.717) is 19.6 Å². The summed E-state index contributed by atoms with van der Waals surface area (Å²) in [5, 5.41) is 0.817. The Morgan fingerprint density at radius 1 is 1.16 bits per heavy atom. The second kappa shape index (κ2) is 9.08. The molecule has 3 aromatic heterocycles. The van der Waals surface area contributed by atoms with Gasteiger partial charge >= 0.3 is 0 Å². The van der Waals surface area contributed by atoms with Crippen LogP contribution in [0.2, 0.25) is 0 Å². The number of nitrogens with zero attached hydrogens (tertiary/aromatic N) is 3. The Bertz CT molecular complexity index is 1200. The first-order valence-electron chi connectivity index (χ1n) is 11.7. The van der Waals surface area contributed by atoms with Gasteiger partial charge in [0.2, 0.25) is 0 Å². The van der Waals surface area contributed by atoms with Crippen molar-refractivity contribution in [2.45, 2.75) is 58.9 Å². The molecule has 0 radical (unpaired) electrons. The molecule has 0 bridgehead atoms. The predicted octanol–water partition coefficient (Wildman–Crippen LogP) is 4.14. The number of amides is 1. The molecule has 0 saturated carbocycles. The number of hydrogen-bond acceptors (Lipinski definition) is 6. The van der Waals surface area contributed by atoms with Crippen molar-refractivity contribution < 1.29 is 4.79 Å². The summed E-state index contributed by atoms with van der Waals surface area (Å²) in [6, 6.07) is 2.09. The summed E-state index contributed by atoms with van der Waals surface area (Å²) in [4.78, 5) is 42.2. The number of piperazine rings is 1. The fourth-order valence-electron chi connectivity index (χ4n) is 4.90. The maximum atomic E-state index is 13.0. The number of carbonyl (C=O) groups excluding carboxylic acids is 1. The van der Waals surface area contributed by atoms with Crippen molar-refractivity contribution in [1.29, 1.82) is 0 Å². The van der Waals surface area contributed by atoms with Crippen molar-refractivity contribution >= 4 is 38.8 Å². The first-order chi connectivity index (χ1) is 15.5. The van der Waals surface area contributed by atoms with Crippen LogP contribution < -0.4 is 5.56 Å². The number of nitrogens with one attached hydrogen (secondary N) is 1. The molecule has 1 amide bonds. The summed E-state index contributed by atoms with van der Waals surface area (Å²) < 4.78 is 0. The van der Waals surface area contributed by atoms with Crippen LogP contribution in [0, 0.1) is 6.92 Å². The number of H-pyrrole nitrogens is 1. The molecule has 1 N–H and O–H groups in total. The molecule has 8 heteroatoms. The van der Waals surface area contributed by atoms with Crippen LogP contribution >= 0.6 is 22.7 Å². The minimum atomic E-state index is 0.00848. The Morgan fingerprint density at radius 3 is 2.72 bits per heavy atom. The molecule has 0 unspecified atom stereocenters. The normalized spacial score (nSPS) is 17.1. The minimum Gasteiger partial charge on any atom is -0.335 e. The lowest BCUT2D eigenvalue weighted by molar-refractivity contribution is 0.0630. The van der Waals surface area contributed by atoms with Gasteiger partial charge in [-0.15, -0.1) is 22.7 Å². The highest BCUT2D eigenvalue weighted by molar-refractivity contribution is 7.18. The highest BCUT2D eigenvalue weighted by Gasteiger charge is 2.25. The number of hydrogen-bond donors (Lipinski definition) is 1. The van der Waals surface area contributed by atoms with Crippen LogP contribution in [-0.2, 0) is 25.8 Å². The van der Waals surface area contributed by atoms with E-state index in [1.807, 2.05) is 4.90 Å². The average molecular weight is 471 g/mol. The molecule has 170 valence electrons. The standard InChI is InChI=1S/C24H30N4O2S2/c1-3-6-16-13-19(31-15(16)2)24(30)28-11-9-27(10-12-28)14-20-25-22(29)21-17-7-4-5-8-18(17)32-23(21)26-20/h13H,3-12,14H2,1-2H3,(H,25,26,29). The zero-order valence-electron chi connectivity index (χ0n) is 18.8. The van der Waals surface area contributed by atoms with Crippen molar-refractivity contribution in [2.24, 2.45) is 0 Å². The Kier molecular flexibility index (Phi) is 6.18. The lowest BCUT2D eigenvalue weighted by atomic mass is 9.97. The number of carbonyl (C=O) groups is 1. The lowest BCUT2D eigenvalue weighted by Gasteiger charge is -2.34. The largest absolute Gasteiger partial charge is 0.335 e. The van der Waals surface area contributed by atoms with Crippen LogP contribution in [0.4, 0.5) is 0 Å². The molecular weight excluding hydrogens is 440 g/mol. The van der Waals surface area contributed by atoms with Gasteiger partial charge in [-0.25, -0.2) is 4.98 Å². The molecule has 1 aliphatic heterocycles. The fourth-order valence-corrected chi connectivity index (χ4v) is 7.22. The molecule has 0 aromatic carbocycles. The van der Waals surface area contributed by atoms with Crippen LogP contribution in [0.5, 0.6) is 0 Å². The second-order valence-corrected chi connectivity index (χ2v) is 11.3. The number of thiophene rings is 2. The molecule has 1 fully saturated rings. The molecule has 0 atom stereocenters. The molecule has 1 aliphatic carbocycles. The highest BCUT2D eigenvalue weighted by Crippen LogP contribution is 2.33. The van der Waals surface area contributed by atoms with E-state index >= 15 is 0 Å². The van der Waals surface area contributed by atoms with Crippen molar-refractivity contribution in [3.8, 4) is 0 Å². The van der Waals surface area contributed by atoms with Gasteiger partial charge in [0.15, 0.2) is 0 Å². The van der Waals surface area contributed by atoms with Crippen molar-refractivity contribution in [2.75, 3.05) is 26.2 Å². The van der Waals surface area contributed by atoms with Gasteiger partial charge in [-0.2, -0.15) is 0 Å². The zero-order valence-corrected chi connectivity index (χ0v) is 20.5. The van der Waals surface area contributed by atoms with Gasteiger partial charge < -0.3 is 9.88 Å². The van der Waals surface area contributed by atoms with Gasteiger partial charge in [-0.05, 0) is 56.2 Å². The van der Waals surface area contributed by atoms with Gasteiger partial charge in [-0.1, -0.05) is 13.3 Å². The third-order valence-electron chi connectivity index (χ3n) is 6.66. The predicted molar refractivity (Wildman–Crippen MR) is 131 cm³/mol. The number of fused-ring (bicyclic) bond motifs is 3. The molecule has 2 aliphatic rings. The number of aryl methyl sites for hydroxylation is 4. The van der Waals surface area contributed by atoms with Crippen LogP contribution in [-0.4, -0.2) is 51.9 Å². The van der Waals surface area contributed by atoms with Crippen molar-refractivity contribution in [1.82, 2.24) is 19.8 Å². The molecule has 0 spiro atoms. The van der Waals surface area contributed by atoms with E-state index in [2.05, 4.69) is 29.8 Å². The third-order valence-corrected chi connectivity index (χ3v) is 8.92. The quantitative estimate of drug-likeness (QED) is 0.608. The molecular formula is C24H30N4O2S2. The van der Waals surface area contributed by atoms with E-state index in [1.54, 1.807) is 22.7 Å². The van der Waals surface area contributed by atoms with E-state index in [4.69, 9.17) is 4.98 Å². The van der Waals surface area contributed by atoms with E-state index in [1.165, 1.54) is 27.3 Å². The Labute approximate surface area is 196 Å².